The van der Waals surface area contributed by atoms with Crippen molar-refractivity contribution in [2.75, 3.05) is 57.4 Å². The first kappa shape index (κ1) is 16.8. The van der Waals surface area contributed by atoms with Crippen molar-refractivity contribution in [2.45, 2.75) is 0 Å². The minimum atomic E-state index is -0.585. The topological polar surface area (TPSA) is 79.4 Å². The van der Waals surface area contributed by atoms with Gasteiger partial charge < -0.3 is 19.3 Å². The average molecular weight is 359 g/mol. The molecule has 8 nitrogen and oxygen atoms in total. The number of ether oxygens (including phenoxy) is 2. The molecule has 0 unspecified atom stereocenters. The number of hydrogen-bond donors (Lipinski definition) is 0. The number of amides is 3. The number of carbonyl (C=O) groups is 3. The number of rotatable bonds is 4. The highest BCUT2D eigenvalue weighted by Gasteiger charge is 2.38. The lowest BCUT2D eigenvalue weighted by molar-refractivity contribution is -0.126. The Morgan fingerprint density at radius 2 is 1.77 bits per heavy atom. The molecule has 138 valence electrons. The summed E-state index contributed by atoms with van der Waals surface area (Å²) in [5, 5.41) is 0. The van der Waals surface area contributed by atoms with Crippen molar-refractivity contribution >= 4 is 23.6 Å². The van der Waals surface area contributed by atoms with Gasteiger partial charge in [-0.15, -0.1) is 0 Å². The molecule has 3 aliphatic heterocycles. The van der Waals surface area contributed by atoms with E-state index in [0.717, 1.165) is 36.9 Å². The minimum absolute atomic E-state index is 0.0231. The first-order valence-electron chi connectivity index (χ1n) is 8.81. The predicted molar refractivity (Wildman–Crippen MR) is 91.9 cm³/mol. The first-order valence-corrected chi connectivity index (χ1v) is 8.81. The van der Waals surface area contributed by atoms with Gasteiger partial charge in [-0.1, -0.05) is 0 Å². The van der Waals surface area contributed by atoms with E-state index in [-0.39, 0.29) is 24.3 Å². The molecule has 1 aromatic rings. The second kappa shape index (κ2) is 6.95. The van der Waals surface area contributed by atoms with Gasteiger partial charge in [-0.25, -0.2) is 9.69 Å². The van der Waals surface area contributed by atoms with Gasteiger partial charge in [0.15, 0.2) is 6.61 Å². The van der Waals surface area contributed by atoms with Gasteiger partial charge in [0, 0.05) is 49.9 Å². The fourth-order valence-electron chi connectivity index (χ4n) is 3.49. The molecule has 4 rings (SSSR count). The Bertz CT molecular complexity index is 692. The monoisotopic (exact) mass is 359 g/mol. The maximum absolute atomic E-state index is 12.5. The van der Waals surface area contributed by atoms with E-state index in [9.17, 15) is 14.4 Å². The van der Waals surface area contributed by atoms with Gasteiger partial charge in [0.25, 0.3) is 11.8 Å². The standard InChI is InChI=1S/C18H21N3O5/c22-16-12-26-18(24)21(16)11-13-9-20(10-13)17(23)14-1-3-15(4-2-14)19-5-7-25-8-6-19/h1-4,13H,5-12H2. The van der Waals surface area contributed by atoms with Crippen LogP contribution in [0.25, 0.3) is 0 Å². The van der Waals surface area contributed by atoms with Crippen molar-refractivity contribution in [3.8, 4) is 0 Å². The van der Waals surface area contributed by atoms with Gasteiger partial charge in [0.2, 0.25) is 0 Å². The highest BCUT2D eigenvalue weighted by atomic mass is 16.6. The van der Waals surface area contributed by atoms with Crippen LogP contribution in [0.15, 0.2) is 24.3 Å². The molecule has 3 heterocycles. The van der Waals surface area contributed by atoms with Crippen LogP contribution in [0, 0.1) is 5.92 Å². The quantitative estimate of drug-likeness (QED) is 0.782. The van der Waals surface area contributed by atoms with E-state index in [1.165, 1.54) is 0 Å². The van der Waals surface area contributed by atoms with Crippen LogP contribution in [0.5, 0.6) is 0 Å². The second-order valence-corrected chi connectivity index (χ2v) is 6.78. The molecule has 0 N–H and O–H groups in total. The number of nitrogens with zero attached hydrogens (tertiary/aromatic N) is 3. The van der Waals surface area contributed by atoms with E-state index in [4.69, 9.17) is 9.47 Å². The second-order valence-electron chi connectivity index (χ2n) is 6.78. The lowest BCUT2D eigenvalue weighted by atomic mass is 9.98. The highest BCUT2D eigenvalue weighted by Crippen LogP contribution is 2.23. The fourth-order valence-corrected chi connectivity index (χ4v) is 3.49. The fraction of sp³-hybridized carbons (Fsp3) is 0.500. The van der Waals surface area contributed by atoms with Crippen molar-refractivity contribution in [2.24, 2.45) is 5.92 Å². The van der Waals surface area contributed by atoms with Crippen LogP contribution in [-0.2, 0) is 14.3 Å². The summed E-state index contributed by atoms with van der Waals surface area (Å²) in [5.74, 6) is -0.218. The molecule has 3 fully saturated rings. The summed E-state index contributed by atoms with van der Waals surface area (Å²) in [7, 11) is 0. The maximum Gasteiger partial charge on any atom is 0.417 e. The molecule has 1 aromatic carbocycles. The van der Waals surface area contributed by atoms with Crippen molar-refractivity contribution in [1.82, 2.24) is 9.80 Å². The predicted octanol–water partition coefficient (Wildman–Crippen LogP) is 0.574. The Balaban J connectivity index is 1.30. The van der Waals surface area contributed by atoms with Gasteiger partial charge in [0.05, 0.1) is 13.2 Å². The zero-order valence-corrected chi connectivity index (χ0v) is 14.4. The Labute approximate surface area is 151 Å². The zero-order valence-electron chi connectivity index (χ0n) is 14.4. The third-order valence-electron chi connectivity index (χ3n) is 5.02. The molecule has 3 saturated heterocycles. The van der Waals surface area contributed by atoms with Crippen molar-refractivity contribution < 1.29 is 23.9 Å². The number of hydrogen-bond acceptors (Lipinski definition) is 6. The molecule has 0 spiro atoms. The van der Waals surface area contributed by atoms with E-state index >= 15 is 0 Å². The highest BCUT2D eigenvalue weighted by molar-refractivity contribution is 5.98. The normalized spacial score (nSPS) is 21.0. The molecule has 3 amide bonds. The summed E-state index contributed by atoms with van der Waals surface area (Å²) in [6.45, 7) is 4.40. The largest absolute Gasteiger partial charge is 0.439 e. The van der Waals surface area contributed by atoms with Crippen LogP contribution in [0.4, 0.5) is 10.5 Å². The van der Waals surface area contributed by atoms with Crippen LogP contribution in [-0.4, -0.2) is 80.3 Å². The Morgan fingerprint density at radius 3 is 2.38 bits per heavy atom. The summed E-state index contributed by atoms with van der Waals surface area (Å²) in [4.78, 5) is 40.6. The molecule has 0 bridgehead atoms. The van der Waals surface area contributed by atoms with Gasteiger partial charge in [-0.05, 0) is 24.3 Å². The van der Waals surface area contributed by atoms with E-state index < -0.39 is 6.09 Å². The molecule has 0 aromatic heterocycles. The van der Waals surface area contributed by atoms with Crippen molar-refractivity contribution in [3.63, 3.8) is 0 Å². The van der Waals surface area contributed by atoms with Crippen molar-refractivity contribution in [1.29, 1.82) is 0 Å². The van der Waals surface area contributed by atoms with Gasteiger partial charge in [-0.2, -0.15) is 0 Å². The molecular formula is C18H21N3O5. The van der Waals surface area contributed by atoms with E-state index in [2.05, 4.69) is 4.90 Å². The molecule has 8 heteroatoms. The van der Waals surface area contributed by atoms with Crippen LogP contribution < -0.4 is 4.90 Å². The zero-order chi connectivity index (χ0) is 18.1. The Morgan fingerprint density at radius 1 is 1.08 bits per heavy atom. The number of anilines is 1. The molecule has 0 atom stereocenters. The minimum Gasteiger partial charge on any atom is -0.439 e. The van der Waals surface area contributed by atoms with E-state index in [0.29, 0.717) is 25.2 Å². The third-order valence-corrected chi connectivity index (χ3v) is 5.02. The summed E-state index contributed by atoms with van der Waals surface area (Å²) in [6.07, 6.45) is -0.585. The van der Waals surface area contributed by atoms with Crippen LogP contribution >= 0.6 is 0 Å². The molecule has 0 saturated carbocycles. The lowest BCUT2D eigenvalue weighted by Crippen LogP contribution is -2.54. The summed E-state index contributed by atoms with van der Waals surface area (Å²) >= 11 is 0. The van der Waals surface area contributed by atoms with Crippen LogP contribution in [0.1, 0.15) is 10.4 Å². The summed E-state index contributed by atoms with van der Waals surface area (Å²) < 4.78 is 10.0. The number of cyclic esters (lactones) is 1. The van der Waals surface area contributed by atoms with Crippen LogP contribution in [0.2, 0.25) is 0 Å². The SMILES string of the molecule is O=C(c1ccc(N2CCOCC2)cc1)N1CC(CN2C(=O)COC2=O)C1. The van der Waals surface area contributed by atoms with Crippen molar-refractivity contribution in [3.05, 3.63) is 29.8 Å². The van der Waals surface area contributed by atoms with E-state index in [1.54, 1.807) is 4.90 Å². The van der Waals surface area contributed by atoms with Gasteiger partial charge in [0.1, 0.15) is 0 Å². The summed E-state index contributed by atoms with van der Waals surface area (Å²) in [5.41, 5.74) is 1.74. The number of carbonyl (C=O) groups excluding carboxylic acids is 3. The average Bonchev–Trinajstić information content (AvgIpc) is 2.96. The maximum atomic E-state index is 12.5. The molecule has 26 heavy (non-hydrogen) atoms. The summed E-state index contributed by atoms with van der Waals surface area (Å²) in [6, 6.07) is 7.63. The Kier molecular flexibility index (Phi) is 4.50. The molecular weight excluding hydrogens is 338 g/mol. The number of imide groups is 1. The molecule has 0 aliphatic carbocycles. The number of likely N-dealkylation sites (tertiary alicyclic amines) is 1. The van der Waals surface area contributed by atoms with E-state index in [1.807, 2.05) is 24.3 Å². The first-order chi connectivity index (χ1) is 12.6. The Hall–Kier alpha value is -2.61. The number of morpholine rings is 1. The molecule has 3 aliphatic rings. The smallest absolute Gasteiger partial charge is 0.417 e. The number of benzene rings is 1. The van der Waals surface area contributed by atoms with Gasteiger partial charge in [-0.3, -0.25) is 9.59 Å². The third kappa shape index (κ3) is 3.24. The molecule has 0 radical (unpaired) electrons. The lowest BCUT2D eigenvalue weighted by Gasteiger charge is -2.40. The van der Waals surface area contributed by atoms with Crippen LogP contribution in [0.3, 0.4) is 0 Å². The van der Waals surface area contributed by atoms with Gasteiger partial charge >= 0.3 is 6.09 Å².